The molecule has 2 atom stereocenters. The lowest BCUT2D eigenvalue weighted by Crippen LogP contribution is -2.52. The second kappa shape index (κ2) is 5.51. The summed E-state index contributed by atoms with van der Waals surface area (Å²) >= 11 is 0. The fourth-order valence-corrected chi connectivity index (χ4v) is 3.72. The van der Waals surface area contributed by atoms with Crippen molar-refractivity contribution in [1.29, 1.82) is 0 Å². The molecule has 3 nitrogen and oxygen atoms in total. The van der Waals surface area contributed by atoms with Crippen molar-refractivity contribution in [3.8, 4) is 5.75 Å². The molecule has 0 amide bonds. The van der Waals surface area contributed by atoms with Gasteiger partial charge in [-0.3, -0.25) is 0 Å². The molecule has 1 saturated heterocycles. The third-order valence-corrected chi connectivity index (χ3v) is 4.73. The van der Waals surface area contributed by atoms with Gasteiger partial charge in [-0.2, -0.15) is 0 Å². The number of fused-ring (bicyclic) bond motifs is 1. The van der Waals surface area contributed by atoms with Crippen LogP contribution in [0.15, 0.2) is 18.2 Å². The topological polar surface area (TPSA) is 24.5 Å². The smallest absolute Gasteiger partial charge is 0.122 e. The Hall–Kier alpha value is -1.06. The lowest BCUT2D eigenvalue weighted by atomic mass is 9.77. The highest BCUT2D eigenvalue weighted by Crippen LogP contribution is 2.41. The molecule has 2 unspecified atom stereocenters. The highest BCUT2D eigenvalue weighted by atomic mass is 16.5. The lowest BCUT2D eigenvalue weighted by Gasteiger charge is -2.41. The van der Waals surface area contributed by atoms with E-state index in [1.54, 1.807) is 7.11 Å². The minimum atomic E-state index is 0.601. The molecule has 1 aromatic rings. The van der Waals surface area contributed by atoms with Crippen molar-refractivity contribution >= 4 is 0 Å². The fraction of sp³-hybridized carbons (Fsp3) is 0.625. The van der Waals surface area contributed by atoms with E-state index in [0.717, 1.165) is 25.4 Å². The van der Waals surface area contributed by atoms with E-state index in [2.05, 4.69) is 35.5 Å². The van der Waals surface area contributed by atoms with E-state index in [4.69, 9.17) is 4.74 Å². The highest BCUT2D eigenvalue weighted by molar-refractivity contribution is 5.45. The van der Waals surface area contributed by atoms with Crippen LogP contribution in [0.1, 0.15) is 29.9 Å². The van der Waals surface area contributed by atoms with Crippen molar-refractivity contribution in [2.24, 2.45) is 0 Å². The normalized spacial score (nSPS) is 27.9. The molecule has 0 bridgehead atoms. The van der Waals surface area contributed by atoms with Gasteiger partial charge in [-0.15, -0.1) is 0 Å². The van der Waals surface area contributed by atoms with Crippen LogP contribution in [0.25, 0.3) is 0 Å². The molecule has 3 rings (SSSR count). The van der Waals surface area contributed by atoms with Crippen molar-refractivity contribution in [2.75, 3.05) is 33.8 Å². The fourth-order valence-electron chi connectivity index (χ4n) is 3.72. The molecule has 1 heterocycles. The Bertz CT molecular complexity index is 432. The number of hydrogen-bond acceptors (Lipinski definition) is 3. The summed E-state index contributed by atoms with van der Waals surface area (Å²) in [6.45, 7) is 3.35. The first-order chi connectivity index (χ1) is 9.31. The summed E-state index contributed by atoms with van der Waals surface area (Å²) < 4.78 is 5.63. The number of ether oxygens (including phenoxy) is 1. The van der Waals surface area contributed by atoms with Crippen molar-refractivity contribution in [1.82, 2.24) is 10.2 Å². The Labute approximate surface area is 115 Å². The first kappa shape index (κ1) is 12.9. The van der Waals surface area contributed by atoms with Gasteiger partial charge in [0.05, 0.1) is 7.11 Å². The number of nitrogens with one attached hydrogen (secondary N) is 1. The molecule has 19 heavy (non-hydrogen) atoms. The van der Waals surface area contributed by atoms with E-state index in [9.17, 15) is 0 Å². The molecular formula is C16H24N2O. The van der Waals surface area contributed by atoms with E-state index < -0.39 is 0 Å². The third-order valence-electron chi connectivity index (χ3n) is 4.73. The summed E-state index contributed by atoms with van der Waals surface area (Å²) in [4.78, 5) is 2.52. The lowest BCUT2D eigenvalue weighted by molar-refractivity contribution is 0.162. The second-order valence-corrected chi connectivity index (χ2v) is 5.78. The molecule has 0 radical (unpaired) electrons. The number of hydrogen-bond donors (Lipinski definition) is 1. The number of piperazine rings is 1. The van der Waals surface area contributed by atoms with Crippen LogP contribution in [0.5, 0.6) is 5.75 Å². The number of benzene rings is 1. The summed E-state index contributed by atoms with van der Waals surface area (Å²) in [5.74, 6) is 1.69. The first-order valence-electron chi connectivity index (χ1n) is 7.38. The van der Waals surface area contributed by atoms with Crippen molar-refractivity contribution < 1.29 is 4.74 Å². The van der Waals surface area contributed by atoms with Crippen molar-refractivity contribution in [3.05, 3.63) is 29.3 Å². The maximum Gasteiger partial charge on any atom is 0.122 e. The van der Waals surface area contributed by atoms with Crippen LogP contribution in [-0.4, -0.2) is 44.7 Å². The molecule has 1 N–H and O–H groups in total. The van der Waals surface area contributed by atoms with E-state index in [0.29, 0.717) is 12.0 Å². The third kappa shape index (κ3) is 2.37. The number of aryl methyl sites for hydroxylation is 1. The highest BCUT2D eigenvalue weighted by Gasteiger charge is 2.33. The standard InChI is InChI=1S/C16H24N2O/c1-18-10-9-17-11-14(18)13-7-3-5-12-6-4-8-15(19-2)16(12)13/h4,6,8,13-14,17H,3,5,7,9-11H2,1-2H3. The van der Waals surface area contributed by atoms with Crippen LogP contribution in [0, 0.1) is 0 Å². The Morgan fingerprint density at radius 2 is 2.26 bits per heavy atom. The minimum Gasteiger partial charge on any atom is -0.496 e. The predicted octanol–water partition coefficient (Wildman–Crippen LogP) is 2.02. The number of likely N-dealkylation sites (N-methyl/N-ethyl adjacent to an activating group) is 1. The largest absolute Gasteiger partial charge is 0.496 e. The van der Waals surface area contributed by atoms with E-state index in [1.807, 2.05) is 0 Å². The van der Waals surface area contributed by atoms with Gasteiger partial charge in [0.15, 0.2) is 0 Å². The average molecular weight is 260 g/mol. The van der Waals surface area contributed by atoms with E-state index >= 15 is 0 Å². The predicted molar refractivity (Wildman–Crippen MR) is 78.0 cm³/mol. The molecule has 0 spiro atoms. The zero-order valence-electron chi connectivity index (χ0n) is 12.0. The minimum absolute atomic E-state index is 0.601. The van der Waals surface area contributed by atoms with Gasteiger partial charge < -0.3 is 15.0 Å². The van der Waals surface area contributed by atoms with Gasteiger partial charge in [-0.1, -0.05) is 12.1 Å². The Kier molecular flexibility index (Phi) is 3.76. The van der Waals surface area contributed by atoms with Crippen LogP contribution in [0.2, 0.25) is 0 Å². The van der Waals surface area contributed by atoms with Gasteiger partial charge in [-0.05, 0) is 37.9 Å². The molecule has 3 heteroatoms. The second-order valence-electron chi connectivity index (χ2n) is 5.78. The molecule has 2 aliphatic rings. The molecule has 0 saturated carbocycles. The SMILES string of the molecule is COc1cccc2c1C(C1CNCCN1C)CCC2. The molecule has 1 fully saturated rings. The van der Waals surface area contributed by atoms with Gasteiger partial charge in [-0.25, -0.2) is 0 Å². The summed E-state index contributed by atoms with van der Waals surface area (Å²) in [5.41, 5.74) is 2.96. The van der Waals surface area contributed by atoms with Crippen molar-refractivity contribution in [3.63, 3.8) is 0 Å². The molecular weight excluding hydrogens is 236 g/mol. The van der Waals surface area contributed by atoms with E-state index in [1.165, 1.54) is 30.4 Å². The maximum atomic E-state index is 5.63. The summed E-state index contributed by atoms with van der Waals surface area (Å²) in [5, 5.41) is 3.55. The quantitative estimate of drug-likeness (QED) is 0.880. The molecule has 104 valence electrons. The van der Waals surface area contributed by atoms with Crippen LogP contribution in [0.4, 0.5) is 0 Å². The van der Waals surface area contributed by atoms with Crippen LogP contribution < -0.4 is 10.1 Å². The Morgan fingerprint density at radius 3 is 3.05 bits per heavy atom. The van der Waals surface area contributed by atoms with Crippen molar-refractivity contribution in [2.45, 2.75) is 31.2 Å². The van der Waals surface area contributed by atoms with Crippen LogP contribution in [0.3, 0.4) is 0 Å². The van der Waals surface area contributed by atoms with E-state index in [-0.39, 0.29) is 0 Å². The zero-order chi connectivity index (χ0) is 13.2. The Morgan fingerprint density at radius 1 is 1.37 bits per heavy atom. The van der Waals surface area contributed by atoms with Gasteiger partial charge in [0.1, 0.15) is 5.75 Å². The zero-order valence-corrected chi connectivity index (χ0v) is 12.0. The van der Waals surface area contributed by atoms with Gasteiger partial charge in [0.25, 0.3) is 0 Å². The Balaban J connectivity index is 1.96. The van der Waals surface area contributed by atoms with Crippen LogP contribution in [-0.2, 0) is 6.42 Å². The van der Waals surface area contributed by atoms with Gasteiger partial charge >= 0.3 is 0 Å². The molecule has 1 aliphatic carbocycles. The summed E-state index contributed by atoms with van der Waals surface area (Å²) in [6.07, 6.45) is 3.78. The van der Waals surface area contributed by atoms with Gasteiger partial charge in [0, 0.05) is 37.2 Å². The monoisotopic (exact) mass is 260 g/mol. The van der Waals surface area contributed by atoms with Gasteiger partial charge in [0.2, 0.25) is 0 Å². The molecule has 1 aliphatic heterocycles. The number of nitrogens with zero attached hydrogens (tertiary/aromatic N) is 1. The molecule has 1 aromatic carbocycles. The number of methoxy groups -OCH3 is 1. The average Bonchev–Trinajstić information content (AvgIpc) is 2.46. The maximum absolute atomic E-state index is 5.63. The summed E-state index contributed by atoms with van der Waals surface area (Å²) in [6, 6.07) is 7.13. The first-order valence-corrected chi connectivity index (χ1v) is 7.38. The summed E-state index contributed by atoms with van der Waals surface area (Å²) in [7, 11) is 4.05. The molecule has 0 aromatic heterocycles. The number of rotatable bonds is 2. The van der Waals surface area contributed by atoms with Crippen LogP contribution >= 0.6 is 0 Å².